The first-order chi connectivity index (χ1) is 9.74. The third kappa shape index (κ3) is 3.95. The molecule has 1 heterocycles. The average molecular weight is 296 g/mol. The van der Waals surface area contributed by atoms with E-state index in [0.717, 1.165) is 17.4 Å². The van der Waals surface area contributed by atoms with Crippen molar-refractivity contribution in [1.29, 1.82) is 0 Å². The van der Waals surface area contributed by atoms with Crippen molar-refractivity contribution in [3.8, 4) is 0 Å². The van der Waals surface area contributed by atoms with E-state index in [1.165, 1.54) is 32.1 Å². The van der Waals surface area contributed by atoms with Crippen LogP contribution < -0.4 is 4.90 Å². The predicted octanol–water partition coefficient (Wildman–Crippen LogP) is 3.41. The molecule has 112 valence electrons. The molecule has 0 amide bonds. The first-order valence-corrected chi connectivity index (χ1v) is 8.49. The van der Waals surface area contributed by atoms with Crippen molar-refractivity contribution in [1.82, 2.24) is 4.98 Å². The van der Waals surface area contributed by atoms with Crippen molar-refractivity contribution in [2.75, 3.05) is 18.1 Å². The van der Waals surface area contributed by atoms with Gasteiger partial charge in [-0.2, -0.15) is 0 Å². The summed E-state index contributed by atoms with van der Waals surface area (Å²) in [5.41, 5.74) is 0.831. The zero-order chi connectivity index (χ0) is 14.4. The van der Waals surface area contributed by atoms with Crippen LogP contribution in [0.1, 0.15) is 51.6 Å². The lowest BCUT2D eigenvalue weighted by Gasteiger charge is -2.33. The van der Waals surface area contributed by atoms with E-state index >= 15 is 0 Å². The van der Waals surface area contributed by atoms with E-state index in [4.69, 9.17) is 4.74 Å². The molecule has 0 bridgehead atoms. The summed E-state index contributed by atoms with van der Waals surface area (Å²) in [4.78, 5) is 18.5. The number of hydrogen-bond donors (Lipinski definition) is 0. The number of carbonyl (C=O) groups excluding carboxylic acids is 1. The first kappa shape index (κ1) is 15.3. The van der Waals surface area contributed by atoms with E-state index in [0.29, 0.717) is 12.6 Å². The second-order valence-corrected chi connectivity index (χ2v) is 6.02. The fourth-order valence-corrected chi connectivity index (χ4v) is 3.77. The highest BCUT2D eigenvalue weighted by atomic mass is 32.1. The van der Waals surface area contributed by atoms with Crippen molar-refractivity contribution in [3.05, 3.63) is 11.1 Å². The van der Waals surface area contributed by atoms with Crippen LogP contribution in [0.4, 0.5) is 5.13 Å². The van der Waals surface area contributed by atoms with E-state index in [1.807, 2.05) is 12.3 Å². The maximum Gasteiger partial charge on any atom is 0.311 e. The monoisotopic (exact) mass is 296 g/mol. The number of aromatic nitrogens is 1. The Kier molecular flexibility index (Phi) is 5.83. The minimum absolute atomic E-state index is 0.190. The molecule has 1 aromatic rings. The summed E-state index contributed by atoms with van der Waals surface area (Å²) in [6.45, 7) is 5.42. The summed E-state index contributed by atoms with van der Waals surface area (Å²) < 4.78 is 4.97. The van der Waals surface area contributed by atoms with Crippen LogP contribution in [-0.2, 0) is 16.0 Å². The lowest BCUT2D eigenvalue weighted by Crippen LogP contribution is -2.36. The van der Waals surface area contributed by atoms with E-state index in [1.54, 1.807) is 11.3 Å². The number of esters is 1. The molecule has 5 heteroatoms. The van der Waals surface area contributed by atoms with Gasteiger partial charge in [0.25, 0.3) is 0 Å². The summed E-state index contributed by atoms with van der Waals surface area (Å²) in [6, 6.07) is 0.621. The summed E-state index contributed by atoms with van der Waals surface area (Å²) >= 11 is 1.64. The summed E-state index contributed by atoms with van der Waals surface area (Å²) in [5.74, 6) is -0.190. The van der Waals surface area contributed by atoms with E-state index in [2.05, 4.69) is 16.8 Å². The van der Waals surface area contributed by atoms with Gasteiger partial charge in [-0.15, -0.1) is 11.3 Å². The third-order valence-electron chi connectivity index (χ3n) is 3.77. The maximum absolute atomic E-state index is 11.5. The molecule has 1 saturated carbocycles. The molecule has 1 fully saturated rings. The van der Waals surface area contributed by atoms with Gasteiger partial charge in [0.2, 0.25) is 0 Å². The number of thiazole rings is 1. The summed E-state index contributed by atoms with van der Waals surface area (Å²) in [6.07, 6.45) is 6.82. The zero-order valence-corrected chi connectivity index (χ0v) is 13.2. The van der Waals surface area contributed by atoms with Gasteiger partial charge in [0, 0.05) is 18.0 Å². The Morgan fingerprint density at radius 2 is 2.15 bits per heavy atom. The molecule has 1 aliphatic carbocycles. The highest BCUT2D eigenvalue weighted by Gasteiger charge is 2.22. The highest BCUT2D eigenvalue weighted by Crippen LogP contribution is 2.29. The average Bonchev–Trinajstić information content (AvgIpc) is 2.89. The molecule has 0 radical (unpaired) electrons. The van der Waals surface area contributed by atoms with Crippen molar-refractivity contribution in [2.45, 2.75) is 58.4 Å². The van der Waals surface area contributed by atoms with Crippen LogP contribution in [0, 0.1) is 0 Å². The topological polar surface area (TPSA) is 42.4 Å². The van der Waals surface area contributed by atoms with Crippen LogP contribution >= 0.6 is 11.3 Å². The van der Waals surface area contributed by atoms with Gasteiger partial charge < -0.3 is 9.64 Å². The summed E-state index contributed by atoms with van der Waals surface area (Å²) in [7, 11) is 0. The number of carbonyl (C=O) groups is 1. The number of rotatable bonds is 6. The normalized spacial score (nSPS) is 16.1. The Morgan fingerprint density at radius 3 is 2.80 bits per heavy atom. The van der Waals surface area contributed by atoms with Crippen LogP contribution in [0.25, 0.3) is 0 Å². The Bertz CT molecular complexity index is 427. The van der Waals surface area contributed by atoms with Crippen LogP contribution in [-0.4, -0.2) is 30.1 Å². The number of hydrogen-bond acceptors (Lipinski definition) is 5. The summed E-state index contributed by atoms with van der Waals surface area (Å²) in [5, 5.41) is 3.04. The molecule has 0 N–H and O–H groups in total. The van der Waals surface area contributed by atoms with Gasteiger partial charge in [0.05, 0.1) is 18.7 Å². The molecule has 0 unspecified atom stereocenters. The van der Waals surface area contributed by atoms with Gasteiger partial charge in [-0.1, -0.05) is 19.3 Å². The second kappa shape index (κ2) is 7.62. The SMILES string of the molecule is CCOC(=O)Cc1csc(N(CC)C2CCCCC2)n1. The Hall–Kier alpha value is -1.10. The molecule has 0 atom stereocenters. The van der Waals surface area contributed by atoms with Crippen LogP contribution in [0.15, 0.2) is 5.38 Å². The van der Waals surface area contributed by atoms with Gasteiger partial charge in [0.1, 0.15) is 0 Å². The first-order valence-electron chi connectivity index (χ1n) is 7.61. The molecule has 20 heavy (non-hydrogen) atoms. The molecule has 0 aromatic carbocycles. The Labute approximate surface area is 125 Å². The molecule has 1 aliphatic rings. The van der Waals surface area contributed by atoms with E-state index in [-0.39, 0.29) is 12.4 Å². The van der Waals surface area contributed by atoms with Gasteiger partial charge in [0.15, 0.2) is 5.13 Å². The van der Waals surface area contributed by atoms with Gasteiger partial charge in [-0.05, 0) is 26.7 Å². The Morgan fingerprint density at radius 1 is 1.40 bits per heavy atom. The fraction of sp³-hybridized carbons (Fsp3) is 0.733. The Balaban J connectivity index is 1.99. The lowest BCUT2D eigenvalue weighted by molar-refractivity contribution is -0.142. The number of ether oxygens (including phenoxy) is 1. The van der Waals surface area contributed by atoms with Crippen LogP contribution in [0.2, 0.25) is 0 Å². The molecule has 0 spiro atoms. The van der Waals surface area contributed by atoms with E-state index < -0.39 is 0 Å². The van der Waals surface area contributed by atoms with Crippen LogP contribution in [0.3, 0.4) is 0 Å². The second-order valence-electron chi connectivity index (χ2n) is 5.18. The molecule has 2 rings (SSSR count). The minimum atomic E-state index is -0.190. The van der Waals surface area contributed by atoms with Gasteiger partial charge in [-0.25, -0.2) is 4.98 Å². The van der Waals surface area contributed by atoms with Crippen molar-refractivity contribution in [3.63, 3.8) is 0 Å². The molecular formula is C15H24N2O2S. The maximum atomic E-state index is 11.5. The lowest BCUT2D eigenvalue weighted by atomic mass is 9.94. The highest BCUT2D eigenvalue weighted by molar-refractivity contribution is 7.13. The van der Waals surface area contributed by atoms with Gasteiger partial charge in [-0.3, -0.25) is 4.79 Å². The minimum Gasteiger partial charge on any atom is -0.466 e. The van der Waals surface area contributed by atoms with E-state index in [9.17, 15) is 4.79 Å². The van der Waals surface area contributed by atoms with Crippen molar-refractivity contribution >= 4 is 22.4 Å². The zero-order valence-electron chi connectivity index (χ0n) is 12.4. The smallest absolute Gasteiger partial charge is 0.311 e. The third-order valence-corrected chi connectivity index (χ3v) is 4.70. The van der Waals surface area contributed by atoms with Crippen molar-refractivity contribution in [2.24, 2.45) is 0 Å². The van der Waals surface area contributed by atoms with Gasteiger partial charge >= 0.3 is 5.97 Å². The van der Waals surface area contributed by atoms with Crippen LogP contribution in [0.5, 0.6) is 0 Å². The molecule has 1 aromatic heterocycles. The standard InChI is InChI=1S/C15H24N2O2S/c1-3-17(13-8-6-5-7-9-13)15-16-12(11-20-15)10-14(18)19-4-2/h11,13H,3-10H2,1-2H3. The fourth-order valence-electron chi connectivity index (χ4n) is 2.81. The molecule has 4 nitrogen and oxygen atoms in total. The predicted molar refractivity (Wildman–Crippen MR) is 82.3 cm³/mol. The largest absolute Gasteiger partial charge is 0.466 e. The molecule has 0 saturated heterocycles. The molecular weight excluding hydrogens is 272 g/mol. The van der Waals surface area contributed by atoms with Crippen molar-refractivity contribution < 1.29 is 9.53 Å². The quantitative estimate of drug-likeness (QED) is 0.755. The number of anilines is 1. The molecule has 0 aliphatic heterocycles. The number of nitrogens with zero attached hydrogens (tertiary/aromatic N) is 2.